The average Bonchev–Trinajstić information content (AvgIpc) is 2.88. The molecule has 0 bridgehead atoms. The largest absolute Gasteiger partial charge is 0.478 e. The highest BCUT2D eigenvalue weighted by molar-refractivity contribution is 6.04. The molecule has 0 atom stereocenters. The molecular weight excluding hydrogens is 531 g/mol. The van der Waals surface area contributed by atoms with Crippen LogP contribution in [0.2, 0.25) is 0 Å². The zero-order valence-corrected chi connectivity index (χ0v) is 21.6. The lowest BCUT2D eigenvalue weighted by Gasteiger charge is -2.27. The first-order chi connectivity index (χ1) is 19.0. The Bertz CT molecular complexity index is 1400. The van der Waals surface area contributed by atoms with Gasteiger partial charge in [0.1, 0.15) is 45.8 Å². The Balaban J connectivity index is 0.000000285. The van der Waals surface area contributed by atoms with Crippen LogP contribution in [0, 0.1) is 23.4 Å². The lowest BCUT2D eigenvalue weighted by atomic mass is 9.91. The molecule has 2 heterocycles. The number of pyridine rings is 1. The van der Waals surface area contributed by atoms with Crippen LogP contribution in [0.25, 0.3) is 0 Å². The second-order valence-corrected chi connectivity index (χ2v) is 8.94. The Labute approximate surface area is 227 Å². The predicted molar refractivity (Wildman–Crippen MR) is 138 cm³/mol. The highest BCUT2D eigenvalue weighted by Crippen LogP contribution is 2.22. The van der Waals surface area contributed by atoms with E-state index in [2.05, 4.69) is 19.9 Å². The first-order valence-corrected chi connectivity index (χ1v) is 12.1. The molecule has 2 aromatic carbocycles. The fourth-order valence-electron chi connectivity index (χ4n) is 3.95. The van der Waals surface area contributed by atoms with Crippen molar-refractivity contribution >= 4 is 29.4 Å². The molecule has 2 N–H and O–H groups in total. The van der Waals surface area contributed by atoms with Gasteiger partial charge in [0, 0.05) is 25.0 Å². The van der Waals surface area contributed by atoms with E-state index in [9.17, 15) is 32.3 Å². The molecule has 0 spiro atoms. The van der Waals surface area contributed by atoms with E-state index in [0.717, 1.165) is 25.9 Å². The number of aromatic nitrogens is 1. The Morgan fingerprint density at radius 3 is 2.20 bits per heavy atom. The molecule has 3 aromatic rings. The lowest BCUT2D eigenvalue weighted by Crippen LogP contribution is -2.33. The summed E-state index contributed by atoms with van der Waals surface area (Å²) in [5, 5.41) is 10.9. The van der Waals surface area contributed by atoms with Crippen molar-refractivity contribution in [3.63, 3.8) is 0 Å². The summed E-state index contributed by atoms with van der Waals surface area (Å²) < 4.78 is 45.1. The Morgan fingerprint density at radius 1 is 0.975 bits per heavy atom. The number of benzene rings is 2. The smallest absolute Gasteiger partial charge is 0.339 e. The maximum Gasteiger partial charge on any atom is 0.339 e. The van der Waals surface area contributed by atoms with Crippen molar-refractivity contribution in [3.8, 4) is 5.75 Å². The van der Waals surface area contributed by atoms with Crippen LogP contribution >= 0.6 is 0 Å². The number of hydrogen-bond acceptors (Lipinski definition) is 7. The van der Waals surface area contributed by atoms with Crippen LogP contribution in [0.4, 0.5) is 19.0 Å². The van der Waals surface area contributed by atoms with Gasteiger partial charge in [-0.2, -0.15) is 0 Å². The van der Waals surface area contributed by atoms with Crippen molar-refractivity contribution in [2.24, 2.45) is 5.92 Å². The Kier molecular flexibility index (Phi) is 10.1. The second kappa shape index (κ2) is 13.5. The molecule has 9 nitrogen and oxygen atoms in total. The number of piperidine rings is 1. The summed E-state index contributed by atoms with van der Waals surface area (Å²) in [5.41, 5.74) is -0.745. The number of nitrogens with zero attached hydrogens (tertiary/aromatic N) is 2. The minimum Gasteiger partial charge on any atom is -0.478 e. The van der Waals surface area contributed by atoms with E-state index in [4.69, 9.17) is 5.11 Å². The van der Waals surface area contributed by atoms with E-state index >= 15 is 0 Å². The summed E-state index contributed by atoms with van der Waals surface area (Å²) in [5.74, 6) is -6.72. The molecule has 1 aromatic heterocycles. The molecule has 1 aliphatic rings. The van der Waals surface area contributed by atoms with Gasteiger partial charge < -0.3 is 20.1 Å². The third-order valence-corrected chi connectivity index (χ3v) is 5.94. The number of rotatable bonds is 6. The molecule has 1 saturated heterocycles. The number of carbonyl (C=O) groups excluding carboxylic acids is 3. The minimum atomic E-state index is -1.32. The van der Waals surface area contributed by atoms with E-state index in [1.54, 1.807) is 12.1 Å². The van der Waals surface area contributed by atoms with E-state index in [-0.39, 0.29) is 34.5 Å². The third-order valence-electron chi connectivity index (χ3n) is 5.94. The molecule has 0 aliphatic carbocycles. The maximum absolute atomic E-state index is 13.7. The van der Waals surface area contributed by atoms with Crippen molar-refractivity contribution in [1.82, 2.24) is 9.88 Å². The van der Waals surface area contributed by atoms with Crippen LogP contribution in [-0.4, -0.2) is 58.8 Å². The van der Waals surface area contributed by atoms with Crippen LogP contribution in [0.1, 0.15) is 51.0 Å². The van der Waals surface area contributed by atoms with Gasteiger partial charge in [-0.25, -0.2) is 22.9 Å². The van der Waals surface area contributed by atoms with Crippen molar-refractivity contribution < 1.29 is 42.2 Å². The first-order valence-electron chi connectivity index (χ1n) is 12.1. The van der Waals surface area contributed by atoms with Gasteiger partial charge in [0.2, 0.25) is 0 Å². The zero-order valence-electron chi connectivity index (χ0n) is 21.6. The van der Waals surface area contributed by atoms with Gasteiger partial charge in [0.05, 0.1) is 0 Å². The van der Waals surface area contributed by atoms with Crippen LogP contribution in [0.5, 0.6) is 5.75 Å². The van der Waals surface area contributed by atoms with Gasteiger partial charge in [0.15, 0.2) is 5.78 Å². The summed E-state index contributed by atoms with van der Waals surface area (Å²) in [6, 6.07) is 11.3. The number of hydrogen-bond donors (Lipinski definition) is 2. The SMILES string of the molecule is CC(=O)Oc1ccccc1C(=O)O.CN1CCC(C(=O)c2cccc(NC(=O)c3c(F)cc(F)cc3F)n2)CC1. The number of ether oxygens (including phenoxy) is 1. The van der Waals surface area contributed by atoms with Crippen molar-refractivity contribution in [2.45, 2.75) is 19.8 Å². The summed E-state index contributed by atoms with van der Waals surface area (Å²) in [4.78, 5) is 52.2. The van der Waals surface area contributed by atoms with E-state index in [1.165, 1.54) is 37.3 Å². The molecule has 0 saturated carbocycles. The van der Waals surface area contributed by atoms with Crippen molar-refractivity contribution in [3.05, 3.63) is 88.9 Å². The number of carboxylic acid groups (broad SMARTS) is 1. The number of anilines is 1. The highest BCUT2D eigenvalue weighted by atomic mass is 19.1. The molecule has 210 valence electrons. The topological polar surface area (TPSA) is 126 Å². The fraction of sp³-hybridized carbons (Fsp3) is 0.250. The number of ketones is 1. The summed E-state index contributed by atoms with van der Waals surface area (Å²) in [6.07, 6.45) is 1.44. The molecular formula is C28H26F3N3O6. The summed E-state index contributed by atoms with van der Waals surface area (Å²) >= 11 is 0. The predicted octanol–water partition coefficient (Wildman–Crippen LogP) is 4.59. The summed E-state index contributed by atoms with van der Waals surface area (Å²) in [7, 11) is 1.99. The molecule has 1 aliphatic heterocycles. The normalized spacial score (nSPS) is 13.5. The number of halogens is 3. The number of para-hydroxylation sites is 1. The van der Waals surface area contributed by atoms with Crippen LogP contribution < -0.4 is 10.1 Å². The fourth-order valence-corrected chi connectivity index (χ4v) is 3.95. The van der Waals surface area contributed by atoms with Crippen molar-refractivity contribution in [1.29, 1.82) is 0 Å². The number of aromatic carboxylic acids is 1. The van der Waals surface area contributed by atoms with Crippen LogP contribution in [0.15, 0.2) is 54.6 Å². The molecule has 12 heteroatoms. The van der Waals surface area contributed by atoms with Gasteiger partial charge in [-0.1, -0.05) is 18.2 Å². The highest BCUT2D eigenvalue weighted by Gasteiger charge is 2.26. The third kappa shape index (κ3) is 7.96. The molecule has 4 rings (SSSR count). The molecule has 40 heavy (non-hydrogen) atoms. The summed E-state index contributed by atoms with van der Waals surface area (Å²) in [6.45, 7) is 2.85. The standard InChI is InChI=1S/C19H18F3N3O2.C9H8O4/c1-25-7-5-11(6-8-25)18(26)15-3-2-4-16(23-15)24-19(27)17-13(21)9-12(20)10-14(17)22;1-6(10)13-8-5-3-2-4-7(8)9(11)12/h2-4,9-11H,5-8H2,1H3,(H,23,24,27);2-5H,1H3,(H,11,12). The zero-order chi connectivity index (χ0) is 29.4. The van der Waals surface area contributed by atoms with Crippen LogP contribution in [-0.2, 0) is 4.79 Å². The van der Waals surface area contributed by atoms with Gasteiger partial charge in [-0.15, -0.1) is 0 Å². The number of carbonyl (C=O) groups is 4. The minimum absolute atomic E-state index is 0.0121. The van der Waals surface area contributed by atoms with Gasteiger partial charge in [-0.3, -0.25) is 14.4 Å². The van der Waals surface area contributed by atoms with Gasteiger partial charge >= 0.3 is 11.9 Å². The van der Waals surface area contributed by atoms with Crippen molar-refractivity contribution in [2.75, 3.05) is 25.5 Å². The number of likely N-dealkylation sites (tertiary alicyclic amines) is 1. The van der Waals surface area contributed by atoms with E-state index in [0.29, 0.717) is 12.1 Å². The Morgan fingerprint density at radius 2 is 1.60 bits per heavy atom. The number of nitrogens with one attached hydrogen (secondary N) is 1. The van der Waals surface area contributed by atoms with Gasteiger partial charge in [-0.05, 0) is 57.2 Å². The van der Waals surface area contributed by atoms with Gasteiger partial charge in [0.25, 0.3) is 5.91 Å². The molecule has 1 fully saturated rings. The lowest BCUT2D eigenvalue weighted by molar-refractivity contribution is -0.131. The quantitative estimate of drug-likeness (QED) is 0.256. The Hall–Kier alpha value is -4.58. The first kappa shape index (κ1) is 30.0. The van der Waals surface area contributed by atoms with Crippen LogP contribution in [0.3, 0.4) is 0 Å². The maximum atomic E-state index is 13.7. The molecule has 0 radical (unpaired) electrons. The molecule has 0 unspecified atom stereocenters. The monoisotopic (exact) mass is 557 g/mol. The number of Topliss-reactive ketones (excluding diaryl/α,β-unsaturated/α-hetero) is 1. The molecule has 1 amide bonds. The number of carboxylic acids is 1. The number of esters is 1. The van der Waals surface area contributed by atoms with E-state index in [1.807, 2.05) is 7.05 Å². The van der Waals surface area contributed by atoms with E-state index < -0.39 is 40.9 Å². The second-order valence-electron chi connectivity index (χ2n) is 8.94. The average molecular weight is 558 g/mol. The number of amides is 1.